The minimum absolute atomic E-state index is 0.0251. The zero-order valence-corrected chi connectivity index (χ0v) is 13.2. The zero-order chi connectivity index (χ0) is 17.4. The van der Waals surface area contributed by atoms with Crippen LogP contribution in [0.3, 0.4) is 0 Å². The molecule has 2 aliphatic heterocycles. The van der Waals surface area contributed by atoms with Crippen molar-refractivity contribution in [3.63, 3.8) is 0 Å². The van der Waals surface area contributed by atoms with Crippen LogP contribution in [0, 0.1) is 0 Å². The van der Waals surface area contributed by atoms with Crippen molar-refractivity contribution >= 4 is 17.8 Å². The number of hydrogen-bond donors (Lipinski definition) is 1. The summed E-state index contributed by atoms with van der Waals surface area (Å²) in [7, 11) is 0. The van der Waals surface area contributed by atoms with Crippen LogP contribution in [0.15, 0.2) is 30.6 Å². The maximum absolute atomic E-state index is 12.8. The van der Waals surface area contributed by atoms with Gasteiger partial charge in [0.25, 0.3) is 5.91 Å². The molecule has 1 aromatic carbocycles. The first kappa shape index (κ1) is 15.2. The van der Waals surface area contributed by atoms with Gasteiger partial charge in [-0.15, -0.1) is 5.10 Å². The monoisotopic (exact) mass is 341 g/mol. The Morgan fingerprint density at radius 3 is 2.88 bits per heavy atom. The summed E-state index contributed by atoms with van der Waals surface area (Å²) >= 11 is 0. The highest BCUT2D eigenvalue weighted by Gasteiger charge is 2.39. The molecule has 0 radical (unpaired) electrons. The number of likely N-dealkylation sites (tertiary alicyclic amines) is 1. The maximum Gasteiger partial charge on any atom is 0.324 e. The fourth-order valence-electron chi connectivity index (χ4n) is 3.18. The van der Waals surface area contributed by atoms with Gasteiger partial charge in [0, 0.05) is 18.7 Å². The van der Waals surface area contributed by atoms with E-state index in [1.165, 1.54) is 15.9 Å². The molecule has 128 valence electrons. The molecule has 1 atom stereocenters. The van der Waals surface area contributed by atoms with E-state index < -0.39 is 0 Å². The summed E-state index contributed by atoms with van der Waals surface area (Å²) in [4.78, 5) is 39.2. The quantitative estimate of drug-likeness (QED) is 0.748. The number of urea groups is 1. The second-order valence-electron chi connectivity index (χ2n) is 5.92. The lowest BCUT2D eigenvalue weighted by atomic mass is 10.2. The SMILES string of the molecule is O=C(c1cccc(-n2cnnn2)c1)N1CCC(N2C(=O)CNC2=O)C1. The second-order valence-corrected chi connectivity index (χ2v) is 5.92. The molecule has 2 fully saturated rings. The predicted molar refractivity (Wildman–Crippen MR) is 83.7 cm³/mol. The van der Waals surface area contributed by atoms with Crippen LogP contribution in [0.1, 0.15) is 16.8 Å². The number of carbonyl (C=O) groups excluding carboxylic acids is 3. The molecule has 4 amide bonds. The van der Waals surface area contributed by atoms with E-state index in [4.69, 9.17) is 0 Å². The Bertz CT molecular complexity index is 819. The third-order valence-electron chi connectivity index (χ3n) is 4.40. The molecule has 10 heteroatoms. The molecular formula is C15H15N7O3. The van der Waals surface area contributed by atoms with Crippen molar-refractivity contribution in [1.82, 2.24) is 35.3 Å². The lowest BCUT2D eigenvalue weighted by Crippen LogP contribution is -2.42. The first-order chi connectivity index (χ1) is 12.1. The number of aromatic nitrogens is 4. The third kappa shape index (κ3) is 2.71. The molecule has 2 aliphatic rings. The van der Waals surface area contributed by atoms with E-state index in [-0.39, 0.29) is 30.4 Å². The summed E-state index contributed by atoms with van der Waals surface area (Å²) in [5.74, 6) is -0.394. The Morgan fingerprint density at radius 2 is 2.16 bits per heavy atom. The average Bonchev–Trinajstić information content (AvgIpc) is 3.36. The molecule has 10 nitrogen and oxygen atoms in total. The topological polar surface area (TPSA) is 113 Å². The minimum Gasteiger partial charge on any atom is -0.336 e. The van der Waals surface area contributed by atoms with E-state index in [0.717, 1.165) is 0 Å². The number of nitrogens with one attached hydrogen (secondary N) is 1. The number of carbonyl (C=O) groups is 3. The van der Waals surface area contributed by atoms with Gasteiger partial charge in [0.05, 0.1) is 18.3 Å². The smallest absolute Gasteiger partial charge is 0.324 e. The molecule has 2 saturated heterocycles. The molecule has 2 aromatic rings. The van der Waals surface area contributed by atoms with E-state index in [2.05, 4.69) is 20.8 Å². The molecule has 0 aliphatic carbocycles. The standard InChI is InChI=1S/C15H15N7O3/c23-13-7-16-15(25)22(13)12-4-5-20(8-12)14(24)10-2-1-3-11(6-10)21-9-17-18-19-21/h1-3,6,9,12H,4-5,7-8H2,(H,16,25). The lowest BCUT2D eigenvalue weighted by molar-refractivity contribution is -0.126. The Labute approximate surface area is 142 Å². The summed E-state index contributed by atoms with van der Waals surface area (Å²) in [6.07, 6.45) is 2.03. The van der Waals surface area contributed by atoms with Crippen LogP contribution in [0.25, 0.3) is 5.69 Å². The molecule has 1 aromatic heterocycles. The zero-order valence-electron chi connectivity index (χ0n) is 13.2. The molecule has 25 heavy (non-hydrogen) atoms. The van der Waals surface area contributed by atoms with Gasteiger partial charge < -0.3 is 10.2 Å². The average molecular weight is 341 g/mol. The summed E-state index contributed by atoms with van der Waals surface area (Å²) < 4.78 is 1.47. The second kappa shape index (κ2) is 5.96. The van der Waals surface area contributed by atoms with Crippen molar-refractivity contribution in [1.29, 1.82) is 0 Å². The molecule has 0 spiro atoms. The number of amides is 4. The van der Waals surface area contributed by atoms with E-state index in [9.17, 15) is 14.4 Å². The van der Waals surface area contributed by atoms with Gasteiger partial charge in [-0.25, -0.2) is 9.48 Å². The summed E-state index contributed by atoms with van der Waals surface area (Å²) in [5.41, 5.74) is 1.19. The summed E-state index contributed by atoms with van der Waals surface area (Å²) in [5, 5.41) is 13.5. The molecule has 3 heterocycles. The highest BCUT2D eigenvalue weighted by Crippen LogP contribution is 2.21. The molecule has 4 rings (SSSR count). The fraction of sp³-hybridized carbons (Fsp3) is 0.333. The molecule has 0 bridgehead atoms. The summed E-state index contributed by atoms with van der Waals surface area (Å²) in [6.45, 7) is 0.861. The van der Waals surface area contributed by atoms with Gasteiger partial charge in [-0.05, 0) is 35.0 Å². The van der Waals surface area contributed by atoms with Crippen molar-refractivity contribution in [3.05, 3.63) is 36.2 Å². The lowest BCUT2D eigenvalue weighted by Gasteiger charge is -2.21. The number of nitrogens with zero attached hydrogens (tertiary/aromatic N) is 6. The van der Waals surface area contributed by atoms with Crippen LogP contribution >= 0.6 is 0 Å². The fourth-order valence-corrected chi connectivity index (χ4v) is 3.18. The van der Waals surface area contributed by atoms with Crippen LogP contribution in [0.4, 0.5) is 4.79 Å². The van der Waals surface area contributed by atoms with Gasteiger partial charge in [-0.1, -0.05) is 6.07 Å². The van der Waals surface area contributed by atoms with E-state index >= 15 is 0 Å². The first-order valence-electron chi connectivity index (χ1n) is 7.86. The van der Waals surface area contributed by atoms with Gasteiger partial charge in [0.1, 0.15) is 6.33 Å². The third-order valence-corrected chi connectivity index (χ3v) is 4.40. The first-order valence-corrected chi connectivity index (χ1v) is 7.86. The van der Waals surface area contributed by atoms with Crippen molar-refractivity contribution in [3.8, 4) is 5.69 Å². The van der Waals surface area contributed by atoms with Crippen LogP contribution in [-0.4, -0.2) is 73.5 Å². The molecular weight excluding hydrogens is 326 g/mol. The van der Waals surface area contributed by atoms with Crippen molar-refractivity contribution in [2.75, 3.05) is 19.6 Å². The van der Waals surface area contributed by atoms with Crippen molar-refractivity contribution in [2.24, 2.45) is 0 Å². The van der Waals surface area contributed by atoms with Gasteiger partial charge >= 0.3 is 6.03 Å². The van der Waals surface area contributed by atoms with E-state index in [0.29, 0.717) is 30.8 Å². The van der Waals surface area contributed by atoms with Gasteiger partial charge in [-0.2, -0.15) is 0 Å². The molecule has 1 unspecified atom stereocenters. The predicted octanol–water partition coefficient (Wildman–Crippen LogP) is -0.571. The number of imide groups is 1. The highest BCUT2D eigenvalue weighted by molar-refractivity contribution is 6.02. The van der Waals surface area contributed by atoms with Gasteiger partial charge in [-0.3, -0.25) is 14.5 Å². The Morgan fingerprint density at radius 1 is 1.28 bits per heavy atom. The van der Waals surface area contributed by atoms with Crippen molar-refractivity contribution in [2.45, 2.75) is 12.5 Å². The van der Waals surface area contributed by atoms with Crippen molar-refractivity contribution < 1.29 is 14.4 Å². The van der Waals surface area contributed by atoms with Crippen LogP contribution in [0.2, 0.25) is 0 Å². The molecule has 1 N–H and O–H groups in total. The largest absolute Gasteiger partial charge is 0.336 e. The highest BCUT2D eigenvalue weighted by atomic mass is 16.2. The Kier molecular flexibility index (Phi) is 3.64. The number of benzene rings is 1. The Hall–Kier alpha value is -3.30. The Balaban J connectivity index is 1.50. The normalized spacial score (nSPS) is 20.2. The van der Waals surface area contributed by atoms with Gasteiger partial charge in [0.2, 0.25) is 5.91 Å². The summed E-state index contributed by atoms with van der Waals surface area (Å²) in [6, 6.07) is 6.32. The maximum atomic E-state index is 12.8. The van der Waals surface area contributed by atoms with Gasteiger partial charge in [0.15, 0.2) is 0 Å². The van der Waals surface area contributed by atoms with Crippen LogP contribution in [-0.2, 0) is 4.79 Å². The van der Waals surface area contributed by atoms with Crippen LogP contribution < -0.4 is 5.32 Å². The molecule has 0 saturated carbocycles. The minimum atomic E-state index is -0.384. The number of rotatable bonds is 3. The van der Waals surface area contributed by atoms with Crippen LogP contribution in [0.5, 0.6) is 0 Å². The number of tetrazole rings is 1. The number of hydrogen-bond acceptors (Lipinski definition) is 6. The van der Waals surface area contributed by atoms with E-state index in [1.54, 1.807) is 29.2 Å². The van der Waals surface area contributed by atoms with E-state index in [1.807, 2.05) is 0 Å².